The van der Waals surface area contributed by atoms with Gasteiger partial charge in [0.25, 0.3) is 0 Å². The normalized spacial score (nSPS) is 11.7. The highest BCUT2D eigenvalue weighted by Crippen LogP contribution is 2.50. The van der Waals surface area contributed by atoms with Crippen molar-refractivity contribution >= 4 is 13.6 Å². The first-order valence-electron chi connectivity index (χ1n) is 7.97. The third-order valence-electron chi connectivity index (χ3n) is 3.36. The van der Waals surface area contributed by atoms with Gasteiger partial charge in [0, 0.05) is 5.56 Å². The molecule has 0 saturated heterocycles. The molecule has 3 aromatic rings. The van der Waals surface area contributed by atoms with E-state index in [1.165, 1.54) is 7.11 Å². The number of para-hydroxylation sites is 2. The predicted molar refractivity (Wildman–Crippen MR) is 102 cm³/mol. The molecule has 0 amide bonds. The Kier molecular flexibility index (Phi) is 5.72. The summed E-state index contributed by atoms with van der Waals surface area (Å²) in [5.74, 6) is 0.943. The van der Waals surface area contributed by atoms with E-state index < -0.39 is 7.75 Å². The molecule has 0 heterocycles. The molecule has 0 aliphatic carbocycles. The van der Waals surface area contributed by atoms with E-state index in [4.69, 9.17) is 13.8 Å². The van der Waals surface area contributed by atoms with E-state index in [0.29, 0.717) is 17.1 Å². The number of hydrogen-bond donors (Lipinski definition) is 0. The van der Waals surface area contributed by atoms with Crippen LogP contribution in [-0.2, 0) is 9.30 Å². The summed E-state index contributed by atoms with van der Waals surface area (Å²) < 4.78 is 34.2. The second-order valence-corrected chi connectivity index (χ2v) is 6.75. The van der Waals surface area contributed by atoms with Crippen LogP contribution in [0, 0.1) is 0 Å². The van der Waals surface area contributed by atoms with Crippen LogP contribution in [0.15, 0.2) is 95.8 Å². The SMILES string of the molecule is COC(=NP(=O)(Oc1ccccc1)Oc1ccccc1)c1ccccc1. The van der Waals surface area contributed by atoms with Gasteiger partial charge in [-0.1, -0.05) is 54.6 Å². The molecule has 26 heavy (non-hydrogen) atoms. The molecule has 3 rings (SSSR count). The van der Waals surface area contributed by atoms with Gasteiger partial charge >= 0.3 is 7.75 Å². The van der Waals surface area contributed by atoms with E-state index in [1.54, 1.807) is 60.7 Å². The molecule has 0 bridgehead atoms. The molecule has 0 fully saturated rings. The first-order valence-corrected chi connectivity index (χ1v) is 9.47. The van der Waals surface area contributed by atoms with Gasteiger partial charge in [-0.2, -0.15) is 0 Å². The van der Waals surface area contributed by atoms with E-state index in [1.807, 2.05) is 30.3 Å². The third-order valence-corrected chi connectivity index (χ3v) is 4.67. The summed E-state index contributed by atoms with van der Waals surface area (Å²) in [7, 11) is -2.48. The number of rotatable bonds is 6. The van der Waals surface area contributed by atoms with E-state index in [-0.39, 0.29) is 5.90 Å². The van der Waals surface area contributed by atoms with Gasteiger partial charge in [0.05, 0.1) is 7.11 Å². The van der Waals surface area contributed by atoms with E-state index in [9.17, 15) is 4.57 Å². The number of hydrogen-bond acceptors (Lipinski definition) is 4. The van der Waals surface area contributed by atoms with Gasteiger partial charge < -0.3 is 13.8 Å². The van der Waals surface area contributed by atoms with Crippen LogP contribution >= 0.6 is 7.75 Å². The molecule has 0 aromatic heterocycles. The molecule has 0 aliphatic heterocycles. The van der Waals surface area contributed by atoms with Crippen molar-refractivity contribution in [3.63, 3.8) is 0 Å². The molecule has 0 aliphatic rings. The quantitative estimate of drug-likeness (QED) is 0.335. The minimum absolute atomic E-state index is 0.167. The fraction of sp³-hybridized carbons (Fsp3) is 0.0500. The molecule has 0 radical (unpaired) electrons. The monoisotopic (exact) mass is 367 g/mol. The fourth-order valence-corrected chi connectivity index (χ4v) is 3.51. The van der Waals surface area contributed by atoms with Crippen LogP contribution in [0.25, 0.3) is 0 Å². The smallest absolute Gasteiger partial charge is 0.480 e. The first kappa shape index (κ1) is 17.8. The molecule has 0 N–H and O–H groups in total. The molecule has 0 atom stereocenters. The molecule has 3 aromatic carbocycles. The summed E-state index contributed by atoms with van der Waals surface area (Å²) in [5.41, 5.74) is 0.670. The van der Waals surface area contributed by atoms with Gasteiger partial charge in [-0.05, 0) is 36.4 Å². The summed E-state index contributed by atoms with van der Waals surface area (Å²) in [6.45, 7) is 0. The van der Waals surface area contributed by atoms with Crippen LogP contribution in [0.3, 0.4) is 0 Å². The van der Waals surface area contributed by atoms with Crippen molar-refractivity contribution in [3.05, 3.63) is 96.6 Å². The fourth-order valence-electron chi connectivity index (χ4n) is 2.20. The molecule has 132 valence electrons. The Balaban J connectivity index is 1.99. The predicted octanol–water partition coefficient (Wildman–Crippen LogP) is 5.35. The lowest BCUT2D eigenvalue weighted by Gasteiger charge is -2.17. The van der Waals surface area contributed by atoms with Gasteiger partial charge in [-0.15, -0.1) is 4.76 Å². The zero-order chi connectivity index (χ0) is 18.2. The Morgan fingerprint density at radius 2 is 1.15 bits per heavy atom. The van der Waals surface area contributed by atoms with Crippen molar-refractivity contribution in [1.29, 1.82) is 0 Å². The largest absolute Gasteiger partial charge is 0.566 e. The number of benzene rings is 3. The van der Waals surface area contributed by atoms with Crippen molar-refractivity contribution in [2.45, 2.75) is 0 Å². The van der Waals surface area contributed by atoms with Gasteiger partial charge in [-0.3, -0.25) is 0 Å². The lowest BCUT2D eigenvalue weighted by Crippen LogP contribution is -2.07. The van der Waals surface area contributed by atoms with E-state index >= 15 is 0 Å². The number of nitrogens with zero attached hydrogens (tertiary/aromatic N) is 1. The minimum atomic E-state index is -3.94. The topological polar surface area (TPSA) is 57.1 Å². The average molecular weight is 367 g/mol. The highest BCUT2D eigenvalue weighted by atomic mass is 31.2. The maximum absolute atomic E-state index is 13.4. The van der Waals surface area contributed by atoms with Crippen molar-refractivity contribution in [3.8, 4) is 11.5 Å². The van der Waals surface area contributed by atoms with Crippen LogP contribution in [0.5, 0.6) is 11.5 Å². The Morgan fingerprint density at radius 3 is 1.58 bits per heavy atom. The van der Waals surface area contributed by atoms with Crippen molar-refractivity contribution in [2.75, 3.05) is 7.11 Å². The summed E-state index contributed by atoms with van der Waals surface area (Å²) in [4.78, 5) is 0. The maximum atomic E-state index is 13.4. The van der Waals surface area contributed by atoms with Gasteiger partial charge in [0.2, 0.25) is 5.90 Å². The van der Waals surface area contributed by atoms with Crippen LogP contribution in [0.4, 0.5) is 0 Å². The number of methoxy groups -OCH3 is 1. The molecule has 6 heteroatoms. The van der Waals surface area contributed by atoms with Crippen LogP contribution in [-0.4, -0.2) is 13.0 Å². The van der Waals surface area contributed by atoms with E-state index in [0.717, 1.165) is 0 Å². The Morgan fingerprint density at radius 1 is 0.731 bits per heavy atom. The average Bonchev–Trinajstić information content (AvgIpc) is 2.68. The molecule has 0 spiro atoms. The van der Waals surface area contributed by atoms with Crippen LogP contribution < -0.4 is 9.05 Å². The second kappa shape index (κ2) is 8.37. The maximum Gasteiger partial charge on any atom is 0.566 e. The Bertz CT molecular complexity index is 853. The van der Waals surface area contributed by atoms with Crippen molar-refractivity contribution < 1.29 is 18.3 Å². The summed E-state index contributed by atoms with van der Waals surface area (Å²) in [6, 6.07) is 26.7. The van der Waals surface area contributed by atoms with Gasteiger partial charge in [-0.25, -0.2) is 4.57 Å². The standard InChI is InChI=1S/C20H18NO4P/c1-23-20(17-11-5-2-6-12-17)21-26(22,24-18-13-7-3-8-14-18)25-19-15-9-4-10-16-19/h2-16H,1H3. The summed E-state index contributed by atoms with van der Waals surface area (Å²) >= 11 is 0. The zero-order valence-corrected chi connectivity index (χ0v) is 15.1. The lowest BCUT2D eigenvalue weighted by atomic mass is 10.2. The molecular formula is C20H18NO4P. The third kappa shape index (κ3) is 4.74. The highest BCUT2D eigenvalue weighted by Gasteiger charge is 2.30. The van der Waals surface area contributed by atoms with E-state index in [2.05, 4.69) is 4.76 Å². The minimum Gasteiger partial charge on any atom is -0.480 e. The van der Waals surface area contributed by atoms with Crippen LogP contribution in [0.2, 0.25) is 0 Å². The number of ether oxygens (including phenoxy) is 1. The van der Waals surface area contributed by atoms with Crippen molar-refractivity contribution in [1.82, 2.24) is 0 Å². The van der Waals surface area contributed by atoms with Crippen LogP contribution in [0.1, 0.15) is 5.56 Å². The Labute approximate surface area is 152 Å². The summed E-state index contributed by atoms with van der Waals surface area (Å²) in [6.07, 6.45) is 0. The van der Waals surface area contributed by atoms with Gasteiger partial charge in [0.15, 0.2) is 0 Å². The molecule has 5 nitrogen and oxygen atoms in total. The zero-order valence-electron chi connectivity index (χ0n) is 14.2. The van der Waals surface area contributed by atoms with Gasteiger partial charge in [0.1, 0.15) is 11.5 Å². The highest BCUT2D eigenvalue weighted by molar-refractivity contribution is 7.53. The lowest BCUT2D eigenvalue weighted by molar-refractivity contribution is 0.377. The first-order chi connectivity index (χ1) is 12.7. The molecule has 0 saturated carbocycles. The second-order valence-electron chi connectivity index (χ2n) is 5.25. The molecular weight excluding hydrogens is 349 g/mol. The molecule has 0 unspecified atom stereocenters. The Hall–Kier alpha value is -3.04. The summed E-state index contributed by atoms with van der Waals surface area (Å²) in [5, 5.41) is 0. The van der Waals surface area contributed by atoms with Crippen molar-refractivity contribution in [2.24, 2.45) is 4.76 Å².